The maximum absolute atomic E-state index is 13.6. The van der Waals surface area contributed by atoms with Crippen LogP contribution in [0.1, 0.15) is 91.0 Å². The van der Waals surface area contributed by atoms with Crippen molar-refractivity contribution < 1.29 is 42.8 Å². The van der Waals surface area contributed by atoms with Crippen molar-refractivity contribution in [2.45, 2.75) is 77.9 Å². The zero-order valence-corrected chi connectivity index (χ0v) is 59.0. The van der Waals surface area contributed by atoms with E-state index in [0.29, 0.717) is 122 Å². The Kier molecular flexibility index (Phi) is 30.4. The van der Waals surface area contributed by atoms with E-state index < -0.39 is 0 Å². The molecule has 0 aliphatic rings. The van der Waals surface area contributed by atoms with Gasteiger partial charge in [0.05, 0.1) is 38.5 Å². The molecule has 3 amide bonds. The van der Waals surface area contributed by atoms with E-state index in [9.17, 15) is 14.4 Å². The summed E-state index contributed by atoms with van der Waals surface area (Å²) in [5.74, 6) is 4.17. The number of halogens is 1. The van der Waals surface area contributed by atoms with E-state index in [4.69, 9.17) is 45.8 Å². The summed E-state index contributed by atoms with van der Waals surface area (Å²) in [5.41, 5.74) is 15.3. The number of carbonyl (C=O) groups is 3. The molecular weight excluding hydrogens is 1300 g/mol. The van der Waals surface area contributed by atoms with Gasteiger partial charge in [0.1, 0.15) is 25.6 Å². The van der Waals surface area contributed by atoms with E-state index in [1.165, 1.54) is 11.1 Å². The van der Waals surface area contributed by atoms with Gasteiger partial charge in [-0.15, -0.1) is 0 Å². The number of anilines is 1. The van der Waals surface area contributed by atoms with Gasteiger partial charge in [-0.25, -0.2) is 4.98 Å². The van der Waals surface area contributed by atoms with Gasteiger partial charge in [0, 0.05) is 62.7 Å². The molecule has 524 valence electrons. The van der Waals surface area contributed by atoms with Crippen LogP contribution in [0.3, 0.4) is 0 Å². The lowest BCUT2D eigenvalue weighted by Gasteiger charge is -2.23. The van der Waals surface area contributed by atoms with E-state index in [-0.39, 0.29) is 24.3 Å². The van der Waals surface area contributed by atoms with Crippen molar-refractivity contribution in [3.05, 3.63) is 340 Å². The SMILES string of the molecule is COc1cc(C(=O)N(CCCc2ccccc2)CCc2ccccn2)ccc1OCc1ccccc1.COc1cc(CN(C(=O)c2ccccc2Cl)c2ccccn2)ccc1OCc1ccccc1.COc1cc(CN(CCCN)C(=O)CCCc2ccccc2)ccc1OCc1ccccc1. The second kappa shape index (κ2) is 41.3. The molecule has 0 atom stereocenters. The maximum Gasteiger partial charge on any atom is 0.261 e. The summed E-state index contributed by atoms with van der Waals surface area (Å²) in [5, 5.41) is 0.394. The fourth-order valence-electron chi connectivity index (χ4n) is 11.2. The quantitative estimate of drug-likeness (QED) is 0.0414. The van der Waals surface area contributed by atoms with Crippen LogP contribution in [0, 0.1) is 0 Å². The van der Waals surface area contributed by atoms with Gasteiger partial charge >= 0.3 is 0 Å². The fourth-order valence-corrected chi connectivity index (χ4v) is 11.4. The predicted octanol–water partition coefficient (Wildman–Crippen LogP) is 17.1. The van der Waals surface area contributed by atoms with Gasteiger partial charge in [0.25, 0.3) is 11.8 Å². The van der Waals surface area contributed by atoms with Crippen molar-refractivity contribution >= 4 is 35.1 Å². The molecule has 2 aromatic heterocycles. The van der Waals surface area contributed by atoms with Gasteiger partial charge in [0.2, 0.25) is 5.91 Å². The molecule has 15 nitrogen and oxygen atoms in total. The highest BCUT2D eigenvalue weighted by atomic mass is 35.5. The molecule has 2 heterocycles. The lowest BCUT2D eigenvalue weighted by Crippen LogP contribution is -2.34. The van der Waals surface area contributed by atoms with Crippen LogP contribution in [0.5, 0.6) is 34.5 Å². The summed E-state index contributed by atoms with van der Waals surface area (Å²) in [4.78, 5) is 54.1. The number of ether oxygens (including phenoxy) is 6. The topological polar surface area (TPSA) is 168 Å². The number of carbonyl (C=O) groups excluding carboxylic acids is 3. The minimum atomic E-state index is -0.234. The smallest absolute Gasteiger partial charge is 0.261 e. The van der Waals surface area contributed by atoms with Gasteiger partial charge in [-0.1, -0.05) is 200 Å². The Hall–Kier alpha value is -11.3. The molecule has 16 heteroatoms. The Morgan fingerprint density at radius 1 is 0.392 bits per heavy atom. The highest BCUT2D eigenvalue weighted by molar-refractivity contribution is 6.34. The number of aryl methyl sites for hydroxylation is 2. The van der Waals surface area contributed by atoms with Gasteiger partial charge in [-0.05, 0) is 156 Å². The number of hydrogen-bond acceptors (Lipinski definition) is 12. The second-order valence-corrected chi connectivity index (χ2v) is 24.4. The highest BCUT2D eigenvalue weighted by Gasteiger charge is 2.23. The van der Waals surface area contributed by atoms with Gasteiger partial charge in [-0.2, -0.15) is 0 Å². The standard InChI is InChI=1S/C31H32N2O3.C28H34N2O3.C27H23ClN2O3/c1-35-30-23-27(17-18-29(30)36-24-26-13-6-3-7-14-26)31(34)33(22-19-28-16-8-9-20-32-28)21-10-15-25-11-4-2-5-12-25;1-32-27-20-25(16-17-26(27)33-22-24-12-6-3-7-13-24)21-30(19-9-18-29)28(31)15-8-14-23-10-4-2-5-11-23;1-32-25-17-21(14-15-24(25)33-19-20-9-3-2-4-10-20)18-30(26-13-7-8-16-29-26)27(31)22-11-5-6-12-23(22)28/h2-9,11-14,16-18,20,23H,10,15,19,21-22,24H2,1H3;2-7,10-13,16-17,20H,8-9,14-15,18-19,21-22,29H2,1H3;2-17H,18-19H2,1H3. The number of rotatable bonds is 33. The molecule has 11 rings (SSSR count). The number of nitrogens with two attached hydrogens (primary N) is 1. The van der Waals surface area contributed by atoms with E-state index in [1.807, 2.05) is 216 Å². The number of aromatic nitrogens is 2. The van der Waals surface area contributed by atoms with Crippen LogP contribution in [0.25, 0.3) is 0 Å². The zero-order chi connectivity index (χ0) is 71.4. The van der Waals surface area contributed by atoms with Crippen LogP contribution in [-0.2, 0) is 57.0 Å². The average Bonchev–Trinajstić information content (AvgIpc) is 0.855. The first kappa shape index (κ1) is 75.0. The molecule has 0 spiro atoms. The maximum atomic E-state index is 13.6. The Balaban J connectivity index is 0.000000178. The number of benzene rings is 9. The molecule has 0 aliphatic carbocycles. The monoisotopic (exact) mass is 1380 g/mol. The Labute approximate surface area is 605 Å². The molecule has 0 bridgehead atoms. The number of methoxy groups -OCH3 is 3. The molecule has 102 heavy (non-hydrogen) atoms. The lowest BCUT2D eigenvalue weighted by molar-refractivity contribution is -0.132. The van der Waals surface area contributed by atoms with E-state index >= 15 is 0 Å². The summed E-state index contributed by atoms with van der Waals surface area (Å²) in [6, 6.07) is 85.8. The van der Waals surface area contributed by atoms with Crippen molar-refractivity contribution in [3.63, 3.8) is 0 Å². The van der Waals surface area contributed by atoms with Crippen LogP contribution < -0.4 is 39.1 Å². The molecule has 2 N–H and O–H groups in total. The molecule has 0 saturated heterocycles. The van der Waals surface area contributed by atoms with Crippen LogP contribution in [0.15, 0.2) is 279 Å². The van der Waals surface area contributed by atoms with Crippen molar-refractivity contribution in [3.8, 4) is 34.5 Å². The number of pyridine rings is 2. The number of hydrogen-bond donors (Lipinski definition) is 1. The number of amides is 3. The first-order valence-corrected chi connectivity index (χ1v) is 34.7. The molecule has 0 saturated carbocycles. The first-order valence-electron chi connectivity index (χ1n) is 34.3. The average molecular weight is 1390 g/mol. The van der Waals surface area contributed by atoms with Crippen LogP contribution in [0.2, 0.25) is 5.02 Å². The number of nitrogens with zero attached hydrogens (tertiary/aromatic N) is 5. The van der Waals surface area contributed by atoms with Gasteiger partial charge in [-0.3, -0.25) is 24.3 Å². The summed E-state index contributed by atoms with van der Waals surface area (Å²) < 4.78 is 34.6. The third-order valence-corrected chi connectivity index (χ3v) is 17.0. The van der Waals surface area contributed by atoms with Crippen molar-refractivity contribution in [2.75, 3.05) is 52.4 Å². The largest absolute Gasteiger partial charge is 0.493 e. The van der Waals surface area contributed by atoms with Crippen LogP contribution in [-0.4, -0.2) is 85.0 Å². The molecule has 11 aromatic rings. The predicted molar refractivity (Wildman–Crippen MR) is 405 cm³/mol. The van der Waals surface area contributed by atoms with E-state index in [0.717, 1.165) is 65.6 Å². The molecule has 0 aliphatic heterocycles. The Bertz CT molecular complexity index is 4280. The third-order valence-electron chi connectivity index (χ3n) is 16.6. The minimum absolute atomic E-state index is 0.0214. The van der Waals surface area contributed by atoms with Crippen molar-refractivity contribution in [2.24, 2.45) is 5.73 Å². The van der Waals surface area contributed by atoms with Crippen molar-refractivity contribution in [1.29, 1.82) is 0 Å². The highest BCUT2D eigenvalue weighted by Crippen LogP contribution is 2.33. The summed E-state index contributed by atoms with van der Waals surface area (Å²) in [7, 11) is 4.83. The summed E-state index contributed by atoms with van der Waals surface area (Å²) >= 11 is 6.30. The molecule has 9 aromatic carbocycles. The van der Waals surface area contributed by atoms with Crippen molar-refractivity contribution in [1.82, 2.24) is 19.8 Å². The van der Waals surface area contributed by atoms with E-state index in [1.54, 1.807) is 75.0 Å². The normalized spacial score (nSPS) is 10.6. The third kappa shape index (κ3) is 24.0. The van der Waals surface area contributed by atoms with Gasteiger partial charge in [0.15, 0.2) is 34.5 Å². The van der Waals surface area contributed by atoms with E-state index in [2.05, 4.69) is 34.2 Å². The van der Waals surface area contributed by atoms with Crippen LogP contribution >= 0.6 is 11.6 Å². The lowest BCUT2D eigenvalue weighted by atomic mass is 10.1. The summed E-state index contributed by atoms with van der Waals surface area (Å²) in [6.07, 6.45) is 8.98. The van der Waals surface area contributed by atoms with Crippen LogP contribution in [0.4, 0.5) is 5.82 Å². The minimum Gasteiger partial charge on any atom is -0.493 e. The Morgan fingerprint density at radius 3 is 1.33 bits per heavy atom. The molecule has 0 fully saturated rings. The summed E-state index contributed by atoms with van der Waals surface area (Å²) in [6.45, 7) is 4.61. The van der Waals surface area contributed by atoms with Gasteiger partial charge < -0.3 is 44.0 Å². The zero-order valence-electron chi connectivity index (χ0n) is 58.2. The first-order chi connectivity index (χ1) is 50.1. The Morgan fingerprint density at radius 2 is 0.843 bits per heavy atom. The molecule has 0 unspecified atom stereocenters. The second-order valence-electron chi connectivity index (χ2n) is 24.0. The molecule has 0 radical (unpaired) electrons. The molecular formula is C86H89ClN6O9. The fraction of sp³-hybridized carbons (Fsp3) is 0.221.